The lowest BCUT2D eigenvalue weighted by molar-refractivity contribution is 0.401. The molecule has 4 heterocycles. The van der Waals surface area contributed by atoms with Crippen molar-refractivity contribution in [2.24, 2.45) is 9.98 Å². The van der Waals surface area contributed by atoms with E-state index in [9.17, 15) is 43.9 Å². The molecule has 16 heteroatoms. The molecule has 0 atom stereocenters. The van der Waals surface area contributed by atoms with Gasteiger partial charge in [-0.3, -0.25) is 9.98 Å². The smallest absolute Gasteiger partial charge is 0.209 e. The van der Waals surface area contributed by atoms with Crippen molar-refractivity contribution in [2.45, 2.75) is 41.6 Å². The third kappa shape index (κ3) is 2.00. The summed E-state index contributed by atoms with van der Waals surface area (Å²) in [5, 5.41) is 21.2. The Morgan fingerprint density at radius 1 is 0.567 bits per heavy atom. The Balaban J connectivity index is 1.95. The van der Waals surface area contributed by atoms with Crippen LogP contribution in [-0.4, -0.2) is 77.6 Å². The van der Waals surface area contributed by atoms with E-state index in [1.807, 2.05) is 0 Å². The Labute approximate surface area is 170 Å². The number of aromatic hydroxyl groups is 2. The van der Waals surface area contributed by atoms with Crippen LogP contribution in [0.3, 0.4) is 0 Å². The molecule has 5 rings (SSSR count). The molecule has 0 unspecified atom stereocenters. The maximum absolute atomic E-state index is 13.0. The summed E-state index contributed by atoms with van der Waals surface area (Å²) in [4.78, 5) is 2.13. The van der Waals surface area contributed by atoms with Crippen LogP contribution in [0.15, 0.2) is 29.6 Å². The topological polar surface area (TPSA) is 202 Å². The first-order valence-corrected chi connectivity index (χ1v) is 14.6. The molecule has 4 aliphatic heterocycles. The zero-order valence-corrected chi connectivity index (χ0v) is 17.9. The predicted molar refractivity (Wildman–Crippen MR) is 99.9 cm³/mol. The van der Waals surface area contributed by atoms with Crippen molar-refractivity contribution in [1.29, 1.82) is 0 Å². The summed E-state index contributed by atoms with van der Waals surface area (Å²) < 4.78 is 99.2. The number of fused-ring (bicyclic) bond motifs is 2. The second kappa shape index (κ2) is 5.41. The number of rotatable bonds is 2. The molecule has 1 aromatic carbocycles. The molecule has 162 valence electrons. The van der Waals surface area contributed by atoms with Crippen molar-refractivity contribution in [3.63, 3.8) is 0 Å². The molecule has 0 aliphatic carbocycles. The van der Waals surface area contributed by atoms with Crippen LogP contribution in [0.4, 0.5) is 0 Å². The van der Waals surface area contributed by atoms with Gasteiger partial charge >= 0.3 is 0 Å². The minimum Gasteiger partial charge on any atom is -0.505 e. The van der Waals surface area contributed by atoms with Crippen molar-refractivity contribution in [1.82, 2.24) is 0 Å². The lowest BCUT2D eigenvalue weighted by atomic mass is 10.2. The van der Waals surface area contributed by atoms with Crippen molar-refractivity contribution < 1.29 is 43.9 Å². The third-order valence-electron chi connectivity index (χ3n) is 5.45. The van der Waals surface area contributed by atoms with Crippen LogP contribution in [0.1, 0.15) is 12.8 Å². The largest absolute Gasteiger partial charge is 0.505 e. The van der Waals surface area contributed by atoms with Crippen molar-refractivity contribution in [3.8, 4) is 11.5 Å². The van der Waals surface area contributed by atoms with Gasteiger partial charge in [0.25, 0.3) is 0 Å². The highest BCUT2D eigenvalue weighted by atomic mass is 32.3. The number of phenolic OH excluding ortho intramolecular Hbond substituents is 2. The van der Waals surface area contributed by atoms with Crippen LogP contribution in [0.2, 0.25) is 0 Å². The van der Waals surface area contributed by atoms with Gasteiger partial charge in [0.2, 0.25) is 48.5 Å². The molecule has 1 aromatic rings. The number of benzene rings is 1. The monoisotopic (exact) mass is 496 g/mol. The second-order valence-corrected chi connectivity index (χ2v) is 15.6. The average Bonchev–Trinajstić information content (AvgIpc) is 2.79. The van der Waals surface area contributed by atoms with Gasteiger partial charge in [-0.1, -0.05) is 0 Å². The molecule has 0 amide bonds. The summed E-state index contributed by atoms with van der Waals surface area (Å²) in [6, 6.07) is 0. The summed E-state index contributed by atoms with van der Waals surface area (Å²) in [5.74, 6) is -3.07. The van der Waals surface area contributed by atoms with E-state index >= 15 is 0 Å². The molecular weight excluding hydrogens is 484 g/mol. The minimum atomic E-state index is -4.92. The second-order valence-electron chi connectivity index (χ2n) is 7.10. The van der Waals surface area contributed by atoms with Crippen molar-refractivity contribution in [2.75, 3.05) is 13.1 Å². The first-order valence-electron chi connectivity index (χ1n) is 8.40. The van der Waals surface area contributed by atoms with E-state index in [4.69, 9.17) is 0 Å². The SMILES string of the molecule is O=S1(=O)c2c(O)c3c(c(O)c2S(=O)(=O)C1C1=NCC1)S(=O)(=O)C(C1=NCC1)S3(=O)=O. The average molecular weight is 497 g/mol. The fraction of sp³-hybridized carbons (Fsp3) is 0.429. The van der Waals surface area contributed by atoms with Crippen LogP contribution in [0.25, 0.3) is 0 Å². The molecule has 0 bridgehead atoms. The quantitative estimate of drug-likeness (QED) is 0.457. The van der Waals surface area contributed by atoms with Gasteiger partial charge in [-0.2, -0.15) is 0 Å². The maximum atomic E-state index is 13.0. The van der Waals surface area contributed by atoms with E-state index in [1.54, 1.807) is 0 Å². The van der Waals surface area contributed by atoms with E-state index in [2.05, 4.69) is 9.98 Å². The summed E-state index contributed by atoms with van der Waals surface area (Å²) in [7, 11) is -19.7. The van der Waals surface area contributed by atoms with Gasteiger partial charge < -0.3 is 10.2 Å². The molecule has 2 N–H and O–H groups in total. The molecular formula is C14H12N2O10S4. The van der Waals surface area contributed by atoms with Crippen molar-refractivity contribution >= 4 is 50.8 Å². The summed E-state index contributed by atoms with van der Waals surface area (Å²) >= 11 is 0. The van der Waals surface area contributed by atoms with E-state index in [0.717, 1.165) is 0 Å². The highest BCUT2D eigenvalue weighted by Gasteiger charge is 2.63. The number of hydrogen-bond acceptors (Lipinski definition) is 12. The highest BCUT2D eigenvalue weighted by molar-refractivity contribution is 8.14. The zero-order valence-electron chi connectivity index (χ0n) is 14.7. The number of aliphatic imine (C=N–C) groups is 2. The fourth-order valence-corrected chi connectivity index (χ4v) is 15.3. The van der Waals surface area contributed by atoms with Gasteiger partial charge in [-0.05, 0) is 0 Å². The molecule has 0 radical (unpaired) electrons. The van der Waals surface area contributed by atoms with Crippen LogP contribution >= 0.6 is 0 Å². The lowest BCUT2D eigenvalue weighted by Crippen LogP contribution is -2.37. The zero-order chi connectivity index (χ0) is 22.0. The van der Waals surface area contributed by atoms with Crippen LogP contribution in [0.5, 0.6) is 11.5 Å². The molecule has 0 saturated heterocycles. The van der Waals surface area contributed by atoms with Crippen LogP contribution < -0.4 is 0 Å². The van der Waals surface area contributed by atoms with Gasteiger partial charge in [0.1, 0.15) is 19.6 Å². The number of nitrogens with zero attached hydrogens (tertiary/aromatic N) is 2. The fourth-order valence-electron chi connectivity index (χ4n) is 4.04. The van der Waals surface area contributed by atoms with Gasteiger partial charge in [-0.25, -0.2) is 33.7 Å². The molecule has 4 aliphatic rings. The molecule has 0 fully saturated rings. The van der Waals surface area contributed by atoms with E-state index in [0.29, 0.717) is 0 Å². The number of phenols is 2. The van der Waals surface area contributed by atoms with Crippen LogP contribution in [-0.2, 0) is 39.3 Å². The molecule has 0 saturated carbocycles. The Morgan fingerprint density at radius 2 is 0.800 bits per heavy atom. The summed E-state index contributed by atoms with van der Waals surface area (Å²) in [6.07, 6.45) is 0.0493. The van der Waals surface area contributed by atoms with Crippen LogP contribution in [0, 0.1) is 0 Å². The molecule has 0 spiro atoms. The Kier molecular flexibility index (Phi) is 3.59. The van der Waals surface area contributed by atoms with E-state index < -0.39 is 79.6 Å². The van der Waals surface area contributed by atoms with E-state index in [1.165, 1.54) is 0 Å². The number of sulfone groups is 4. The first kappa shape index (κ1) is 19.9. The van der Waals surface area contributed by atoms with Gasteiger partial charge in [0.05, 0.1) is 0 Å². The third-order valence-corrected chi connectivity index (χ3v) is 16.0. The maximum Gasteiger partial charge on any atom is 0.209 e. The van der Waals surface area contributed by atoms with E-state index in [-0.39, 0.29) is 37.4 Å². The normalized spacial score (nSPS) is 27.3. The highest BCUT2D eigenvalue weighted by Crippen LogP contribution is 2.58. The van der Waals surface area contributed by atoms with Gasteiger partial charge in [-0.15, -0.1) is 0 Å². The van der Waals surface area contributed by atoms with Gasteiger partial charge in [0.15, 0.2) is 11.5 Å². The Bertz CT molecular complexity index is 1350. The summed E-state index contributed by atoms with van der Waals surface area (Å²) in [5.41, 5.74) is -0.477. The standard InChI is InChI=1S/C14H12N2O10S4/c17-7-9-10(28(21,22)13(27(9,19)20)5-1-3-15-5)8(18)12-11(7)29(23,24)14(30(12,25)26)6-2-4-16-6/h13-14,17-18H,1-4H2. The van der Waals surface area contributed by atoms with Gasteiger partial charge in [0, 0.05) is 37.4 Å². The predicted octanol–water partition coefficient (Wildman–Crippen LogP) is -1.44. The Morgan fingerprint density at radius 3 is 0.967 bits per heavy atom. The lowest BCUT2D eigenvalue weighted by Gasteiger charge is -2.19. The Hall–Kier alpha value is -2.04. The molecule has 30 heavy (non-hydrogen) atoms. The minimum absolute atomic E-state index is 0.0247. The number of hydrogen-bond donors (Lipinski definition) is 2. The molecule has 0 aromatic heterocycles. The molecule has 12 nitrogen and oxygen atoms in total. The first-order chi connectivity index (χ1) is 13.8. The van der Waals surface area contributed by atoms with Crippen molar-refractivity contribution in [3.05, 3.63) is 0 Å². The summed E-state index contributed by atoms with van der Waals surface area (Å²) in [6.45, 7) is 0.350.